The fourth-order valence-corrected chi connectivity index (χ4v) is 1.82. The van der Waals surface area contributed by atoms with Gasteiger partial charge in [0.05, 0.1) is 6.54 Å². The highest BCUT2D eigenvalue weighted by Gasteiger charge is 2.14. The van der Waals surface area contributed by atoms with Crippen LogP contribution in [0.4, 0.5) is 4.39 Å². The van der Waals surface area contributed by atoms with Crippen molar-refractivity contribution in [2.45, 2.75) is 6.54 Å². The van der Waals surface area contributed by atoms with Gasteiger partial charge in [-0.05, 0) is 26.2 Å². The molecule has 0 bridgehead atoms. The Morgan fingerprint density at radius 2 is 1.95 bits per heavy atom. The van der Waals surface area contributed by atoms with Gasteiger partial charge in [0.1, 0.15) is 5.82 Å². The SMILES string of the molecule is CN(C)CCN(CC(=O)O)Cc1ccc(C(N)=O)cc1F. The lowest BCUT2D eigenvalue weighted by atomic mass is 10.1. The van der Waals surface area contributed by atoms with E-state index in [9.17, 15) is 14.0 Å². The van der Waals surface area contributed by atoms with Crippen LogP contribution in [0, 0.1) is 5.82 Å². The summed E-state index contributed by atoms with van der Waals surface area (Å²) in [5.74, 6) is -2.23. The predicted octanol–water partition coefficient (Wildman–Crippen LogP) is 0.373. The van der Waals surface area contributed by atoms with Crippen LogP contribution >= 0.6 is 0 Å². The van der Waals surface area contributed by atoms with Crippen LogP contribution in [-0.2, 0) is 11.3 Å². The van der Waals surface area contributed by atoms with Gasteiger partial charge in [-0.2, -0.15) is 0 Å². The molecule has 1 rings (SSSR count). The largest absolute Gasteiger partial charge is 0.480 e. The number of nitrogens with zero attached hydrogens (tertiary/aromatic N) is 2. The van der Waals surface area contributed by atoms with Crippen molar-refractivity contribution in [3.63, 3.8) is 0 Å². The number of primary amides is 1. The van der Waals surface area contributed by atoms with Crippen LogP contribution in [0.25, 0.3) is 0 Å². The van der Waals surface area contributed by atoms with Crippen LogP contribution in [0.3, 0.4) is 0 Å². The lowest BCUT2D eigenvalue weighted by molar-refractivity contribution is -0.138. The van der Waals surface area contributed by atoms with E-state index >= 15 is 0 Å². The van der Waals surface area contributed by atoms with Gasteiger partial charge in [-0.3, -0.25) is 14.5 Å². The average Bonchev–Trinajstić information content (AvgIpc) is 2.37. The standard InChI is InChI=1S/C14H20FN3O3/c1-17(2)5-6-18(9-13(19)20)8-11-4-3-10(14(16)21)7-12(11)15/h3-4,7H,5-6,8-9H2,1-2H3,(H2,16,21)(H,19,20). The van der Waals surface area contributed by atoms with Crippen molar-refractivity contribution in [3.8, 4) is 0 Å². The van der Waals surface area contributed by atoms with Gasteiger partial charge in [-0.1, -0.05) is 6.07 Å². The maximum Gasteiger partial charge on any atom is 0.317 e. The summed E-state index contributed by atoms with van der Waals surface area (Å²) in [7, 11) is 3.75. The maximum atomic E-state index is 13.9. The van der Waals surface area contributed by atoms with Gasteiger partial charge in [-0.15, -0.1) is 0 Å². The van der Waals surface area contributed by atoms with Gasteiger partial charge in [-0.25, -0.2) is 4.39 Å². The van der Waals surface area contributed by atoms with E-state index in [0.29, 0.717) is 18.7 Å². The van der Waals surface area contributed by atoms with Gasteiger partial charge < -0.3 is 15.7 Å². The summed E-state index contributed by atoms with van der Waals surface area (Å²) in [5.41, 5.74) is 5.51. The van der Waals surface area contributed by atoms with Crippen molar-refractivity contribution >= 4 is 11.9 Å². The number of rotatable bonds is 8. The fourth-order valence-electron chi connectivity index (χ4n) is 1.82. The molecule has 0 unspecified atom stereocenters. The van der Waals surface area contributed by atoms with Crippen molar-refractivity contribution in [1.82, 2.24) is 9.80 Å². The maximum absolute atomic E-state index is 13.9. The molecule has 0 aromatic heterocycles. The third kappa shape index (κ3) is 5.88. The molecule has 0 aliphatic carbocycles. The van der Waals surface area contributed by atoms with Crippen LogP contribution in [0.5, 0.6) is 0 Å². The molecule has 0 aliphatic heterocycles. The van der Waals surface area contributed by atoms with E-state index in [-0.39, 0.29) is 18.7 Å². The zero-order valence-electron chi connectivity index (χ0n) is 12.2. The Kier molecular flexibility index (Phi) is 6.26. The minimum absolute atomic E-state index is 0.0920. The van der Waals surface area contributed by atoms with E-state index in [2.05, 4.69) is 0 Å². The van der Waals surface area contributed by atoms with Gasteiger partial charge >= 0.3 is 5.97 Å². The Morgan fingerprint density at radius 1 is 1.29 bits per heavy atom. The summed E-state index contributed by atoms with van der Waals surface area (Å²) in [5, 5.41) is 8.90. The number of carboxylic acids is 1. The summed E-state index contributed by atoms with van der Waals surface area (Å²) < 4.78 is 13.9. The number of carbonyl (C=O) groups excluding carboxylic acids is 1. The molecular formula is C14H20FN3O3. The highest BCUT2D eigenvalue weighted by atomic mass is 19.1. The molecular weight excluding hydrogens is 277 g/mol. The molecule has 0 aliphatic rings. The molecule has 3 N–H and O–H groups in total. The second kappa shape index (κ2) is 7.70. The normalized spacial score (nSPS) is 11.1. The Morgan fingerprint density at radius 3 is 2.43 bits per heavy atom. The predicted molar refractivity (Wildman–Crippen MR) is 76.4 cm³/mol. The van der Waals surface area contributed by atoms with E-state index in [1.54, 1.807) is 4.90 Å². The average molecular weight is 297 g/mol. The van der Waals surface area contributed by atoms with E-state index in [1.807, 2.05) is 19.0 Å². The number of hydrogen-bond acceptors (Lipinski definition) is 4. The quantitative estimate of drug-likeness (QED) is 0.724. The zero-order valence-corrected chi connectivity index (χ0v) is 12.2. The molecule has 0 spiro atoms. The van der Waals surface area contributed by atoms with Crippen molar-refractivity contribution in [2.75, 3.05) is 33.7 Å². The summed E-state index contributed by atoms with van der Waals surface area (Å²) in [4.78, 5) is 25.4. The van der Waals surface area contributed by atoms with Gasteiger partial charge in [0.15, 0.2) is 0 Å². The molecule has 116 valence electrons. The molecule has 21 heavy (non-hydrogen) atoms. The van der Waals surface area contributed by atoms with E-state index in [1.165, 1.54) is 12.1 Å². The van der Waals surface area contributed by atoms with Crippen LogP contribution in [0.15, 0.2) is 18.2 Å². The van der Waals surface area contributed by atoms with Gasteiger partial charge in [0, 0.05) is 30.8 Å². The Hall–Kier alpha value is -1.99. The number of carbonyl (C=O) groups is 2. The summed E-state index contributed by atoms with van der Waals surface area (Å²) >= 11 is 0. The Bertz CT molecular complexity index is 520. The molecule has 1 aromatic carbocycles. The molecule has 1 amide bonds. The second-order valence-corrected chi connectivity index (χ2v) is 5.08. The fraction of sp³-hybridized carbons (Fsp3) is 0.429. The van der Waals surface area contributed by atoms with Crippen molar-refractivity contribution in [1.29, 1.82) is 0 Å². The second-order valence-electron chi connectivity index (χ2n) is 5.08. The molecule has 0 atom stereocenters. The lowest BCUT2D eigenvalue weighted by Crippen LogP contribution is -2.35. The number of likely N-dealkylation sites (N-methyl/N-ethyl adjacent to an activating group) is 1. The number of carboxylic acid groups (broad SMARTS) is 1. The van der Waals surface area contributed by atoms with Gasteiger partial charge in [0.25, 0.3) is 0 Å². The smallest absolute Gasteiger partial charge is 0.317 e. The topological polar surface area (TPSA) is 86.9 Å². The monoisotopic (exact) mass is 297 g/mol. The first-order chi connectivity index (χ1) is 9.79. The van der Waals surface area contributed by atoms with Crippen molar-refractivity contribution < 1.29 is 19.1 Å². The van der Waals surface area contributed by atoms with Crippen molar-refractivity contribution in [2.24, 2.45) is 5.73 Å². The molecule has 0 radical (unpaired) electrons. The minimum atomic E-state index is -0.970. The molecule has 1 aromatic rings. The van der Waals surface area contributed by atoms with E-state index in [0.717, 1.165) is 6.07 Å². The highest BCUT2D eigenvalue weighted by molar-refractivity contribution is 5.92. The number of amides is 1. The Balaban J connectivity index is 2.82. The van der Waals surface area contributed by atoms with Crippen LogP contribution in [0.1, 0.15) is 15.9 Å². The number of halogens is 1. The summed E-state index contributed by atoms with van der Waals surface area (Å²) in [6, 6.07) is 3.97. The molecule has 0 saturated carbocycles. The van der Waals surface area contributed by atoms with Crippen LogP contribution in [-0.4, -0.2) is 60.5 Å². The number of hydrogen-bond donors (Lipinski definition) is 2. The zero-order chi connectivity index (χ0) is 16.0. The lowest BCUT2D eigenvalue weighted by Gasteiger charge is -2.22. The van der Waals surface area contributed by atoms with Gasteiger partial charge in [0.2, 0.25) is 5.91 Å². The Labute approximate surface area is 122 Å². The van der Waals surface area contributed by atoms with E-state index in [4.69, 9.17) is 10.8 Å². The van der Waals surface area contributed by atoms with Crippen molar-refractivity contribution in [3.05, 3.63) is 35.1 Å². The first-order valence-corrected chi connectivity index (χ1v) is 6.46. The first-order valence-electron chi connectivity index (χ1n) is 6.46. The number of nitrogens with two attached hydrogens (primary N) is 1. The molecule has 0 fully saturated rings. The minimum Gasteiger partial charge on any atom is -0.480 e. The highest BCUT2D eigenvalue weighted by Crippen LogP contribution is 2.13. The number of aliphatic carboxylic acids is 1. The van der Waals surface area contributed by atoms with E-state index < -0.39 is 17.7 Å². The first kappa shape index (κ1) is 17.1. The van der Waals surface area contributed by atoms with Crippen LogP contribution in [0.2, 0.25) is 0 Å². The summed E-state index contributed by atoms with van der Waals surface area (Å²) in [6.07, 6.45) is 0. The van der Waals surface area contributed by atoms with Crippen LogP contribution < -0.4 is 5.73 Å². The molecule has 6 nitrogen and oxygen atoms in total. The number of benzene rings is 1. The molecule has 7 heteroatoms. The third-order valence-corrected chi connectivity index (χ3v) is 2.95. The summed E-state index contributed by atoms with van der Waals surface area (Å²) in [6.45, 7) is 1.14. The molecule has 0 saturated heterocycles. The molecule has 0 heterocycles. The third-order valence-electron chi connectivity index (χ3n) is 2.95.